The van der Waals surface area contributed by atoms with E-state index in [0.29, 0.717) is 25.3 Å². The normalized spacial score (nSPS) is 19.3. The summed E-state index contributed by atoms with van der Waals surface area (Å²) in [6.07, 6.45) is -1.07. The van der Waals surface area contributed by atoms with Gasteiger partial charge in [0.05, 0.1) is 6.61 Å². The first kappa shape index (κ1) is 15.8. The summed E-state index contributed by atoms with van der Waals surface area (Å²) in [5.74, 6) is -2.62. The predicted molar refractivity (Wildman–Crippen MR) is 78.7 cm³/mol. The Morgan fingerprint density at radius 1 is 1.09 bits per heavy atom. The number of rotatable bonds is 4. The monoisotopic (exact) mass is 323 g/mol. The summed E-state index contributed by atoms with van der Waals surface area (Å²) in [5.41, 5.74) is 0.628. The number of morpholine rings is 1. The summed E-state index contributed by atoms with van der Waals surface area (Å²) in [5, 5.41) is 3.16. The zero-order chi connectivity index (χ0) is 16.2. The van der Waals surface area contributed by atoms with E-state index >= 15 is 0 Å². The molecular formula is C17H16F3NO2. The molecule has 0 aromatic heterocycles. The highest BCUT2D eigenvalue weighted by atomic mass is 19.2. The summed E-state index contributed by atoms with van der Waals surface area (Å²) in [6.45, 7) is 1.69. The first-order chi connectivity index (χ1) is 11.1. The largest absolute Gasteiger partial charge is 0.480 e. The minimum absolute atomic E-state index is 0.200. The number of benzene rings is 2. The standard InChI is InChI=1S/C17H16F3NO2/c18-12-6-4-11(5-7-12)17(15-10-21-8-9-22-15)23-14-3-1-2-13(19)16(14)20/h1-7,15,17,21H,8-10H2. The van der Waals surface area contributed by atoms with Crippen molar-refractivity contribution in [3.63, 3.8) is 0 Å². The molecule has 2 unspecified atom stereocenters. The fourth-order valence-corrected chi connectivity index (χ4v) is 2.50. The number of hydrogen-bond donors (Lipinski definition) is 1. The molecule has 3 rings (SSSR count). The van der Waals surface area contributed by atoms with E-state index in [9.17, 15) is 13.2 Å². The van der Waals surface area contributed by atoms with Gasteiger partial charge in [0.2, 0.25) is 5.82 Å². The molecule has 1 heterocycles. The molecule has 0 amide bonds. The summed E-state index contributed by atoms with van der Waals surface area (Å²) in [4.78, 5) is 0. The van der Waals surface area contributed by atoms with Gasteiger partial charge >= 0.3 is 0 Å². The van der Waals surface area contributed by atoms with Gasteiger partial charge in [0.1, 0.15) is 11.9 Å². The van der Waals surface area contributed by atoms with Crippen LogP contribution in [0, 0.1) is 17.5 Å². The van der Waals surface area contributed by atoms with Crippen molar-refractivity contribution in [2.24, 2.45) is 0 Å². The summed E-state index contributed by atoms with van der Waals surface area (Å²) in [7, 11) is 0. The van der Waals surface area contributed by atoms with Gasteiger partial charge < -0.3 is 14.8 Å². The van der Waals surface area contributed by atoms with Crippen molar-refractivity contribution in [1.29, 1.82) is 0 Å². The van der Waals surface area contributed by atoms with E-state index in [1.165, 1.54) is 24.3 Å². The predicted octanol–water partition coefficient (Wildman–Crippen LogP) is 3.21. The van der Waals surface area contributed by atoms with Gasteiger partial charge in [-0.1, -0.05) is 18.2 Å². The fraction of sp³-hybridized carbons (Fsp3) is 0.294. The van der Waals surface area contributed by atoms with E-state index in [-0.39, 0.29) is 11.6 Å². The molecule has 122 valence electrons. The lowest BCUT2D eigenvalue weighted by Gasteiger charge is -2.31. The number of hydrogen-bond acceptors (Lipinski definition) is 3. The maximum absolute atomic E-state index is 13.9. The second-order valence-electron chi connectivity index (χ2n) is 5.26. The number of nitrogens with one attached hydrogen (secondary N) is 1. The Kier molecular flexibility index (Phi) is 4.83. The topological polar surface area (TPSA) is 30.5 Å². The van der Waals surface area contributed by atoms with Crippen LogP contribution in [-0.4, -0.2) is 25.8 Å². The van der Waals surface area contributed by atoms with Crippen molar-refractivity contribution in [1.82, 2.24) is 5.32 Å². The number of ether oxygens (including phenoxy) is 2. The van der Waals surface area contributed by atoms with Crippen molar-refractivity contribution in [2.75, 3.05) is 19.7 Å². The van der Waals surface area contributed by atoms with Crippen LogP contribution in [0.1, 0.15) is 11.7 Å². The van der Waals surface area contributed by atoms with Crippen molar-refractivity contribution in [2.45, 2.75) is 12.2 Å². The quantitative estimate of drug-likeness (QED) is 0.937. The van der Waals surface area contributed by atoms with Crippen LogP contribution in [-0.2, 0) is 4.74 Å². The van der Waals surface area contributed by atoms with Gasteiger partial charge in [-0.2, -0.15) is 4.39 Å². The molecule has 1 N–H and O–H groups in total. The molecular weight excluding hydrogens is 307 g/mol. The molecule has 1 fully saturated rings. The third-order valence-electron chi connectivity index (χ3n) is 3.66. The lowest BCUT2D eigenvalue weighted by molar-refractivity contribution is -0.0444. The van der Waals surface area contributed by atoms with Gasteiger partial charge in [0.25, 0.3) is 0 Å². The fourth-order valence-electron chi connectivity index (χ4n) is 2.50. The lowest BCUT2D eigenvalue weighted by atomic mass is 10.0. The highest BCUT2D eigenvalue weighted by Crippen LogP contribution is 2.30. The molecule has 2 atom stereocenters. The highest BCUT2D eigenvalue weighted by molar-refractivity contribution is 5.28. The first-order valence-corrected chi connectivity index (χ1v) is 7.33. The van der Waals surface area contributed by atoms with Gasteiger partial charge in [0, 0.05) is 13.1 Å². The van der Waals surface area contributed by atoms with Crippen LogP contribution in [0.3, 0.4) is 0 Å². The summed E-state index contributed by atoms with van der Waals surface area (Å²) >= 11 is 0. The van der Waals surface area contributed by atoms with Gasteiger partial charge in [0.15, 0.2) is 17.7 Å². The van der Waals surface area contributed by atoms with Crippen LogP contribution in [0.5, 0.6) is 5.75 Å². The summed E-state index contributed by atoms with van der Waals surface area (Å²) < 4.78 is 51.8. The molecule has 1 aliphatic heterocycles. The third kappa shape index (κ3) is 3.65. The van der Waals surface area contributed by atoms with E-state index < -0.39 is 23.8 Å². The van der Waals surface area contributed by atoms with Crippen LogP contribution in [0.25, 0.3) is 0 Å². The van der Waals surface area contributed by atoms with E-state index in [1.807, 2.05) is 0 Å². The average molecular weight is 323 g/mol. The molecule has 1 saturated heterocycles. The maximum atomic E-state index is 13.9. The van der Waals surface area contributed by atoms with E-state index in [2.05, 4.69) is 5.32 Å². The molecule has 23 heavy (non-hydrogen) atoms. The molecule has 6 heteroatoms. The maximum Gasteiger partial charge on any atom is 0.200 e. The first-order valence-electron chi connectivity index (χ1n) is 7.33. The molecule has 0 saturated carbocycles. The van der Waals surface area contributed by atoms with Crippen LogP contribution < -0.4 is 10.1 Å². The van der Waals surface area contributed by atoms with Crippen molar-refractivity contribution >= 4 is 0 Å². The molecule has 3 nitrogen and oxygen atoms in total. The second kappa shape index (κ2) is 7.02. The Morgan fingerprint density at radius 3 is 2.57 bits per heavy atom. The molecule has 0 spiro atoms. The number of halogens is 3. The molecule has 1 aliphatic rings. The minimum atomic E-state index is -1.05. The van der Waals surface area contributed by atoms with Gasteiger partial charge in [-0.25, -0.2) is 8.78 Å². The van der Waals surface area contributed by atoms with E-state index in [0.717, 1.165) is 6.07 Å². The van der Waals surface area contributed by atoms with Crippen molar-refractivity contribution in [3.05, 3.63) is 65.5 Å². The smallest absolute Gasteiger partial charge is 0.200 e. The Labute approximate surface area is 132 Å². The Hall–Kier alpha value is -2.05. The molecule has 0 radical (unpaired) electrons. The van der Waals surface area contributed by atoms with Crippen molar-refractivity contribution in [3.8, 4) is 5.75 Å². The Morgan fingerprint density at radius 2 is 1.87 bits per heavy atom. The zero-order valence-electron chi connectivity index (χ0n) is 12.3. The van der Waals surface area contributed by atoms with Crippen LogP contribution >= 0.6 is 0 Å². The highest BCUT2D eigenvalue weighted by Gasteiger charge is 2.29. The summed E-state index contributed by atoms with van der Waals surface area (Å²) in [6, 6.07) is 9.44. The molecule has 0 bridgehead atoms. The van der Waals surface area contributed by atoms with Gasteiger partial charge in [-0.3, -0.25) is 0 Å². The second-order valence-corrected chi connectivity index (χ2v) is 5.26. The van der Waals surface area contributed by atoms with Crippen LogP contribution in [0.4, 0.5) is 13.2 Å². The van der Waals surface area contributed by atoms with Crippen LogP contribution in [0.2, 0.25) is 0 Å². The van der Waals surface area contributed by atoms with Gasteiger partial charge in [-0.05, 0) is 29.8 Å². The average Bonchev–Trinajstić information content (AvgIpc) is 2.58. The lowest BCUT2D eigenvalue weighted by Crippen LogP contribution is -2.43. The van der Waals surface area contributed by atoms with Gasteiger partial charge in [-0.15, -0.1) is 0 Å². The molecule has 2 aromatic rings. The molecule has 2 aromatic carbocycles. The zero-order valence-corrected chi connectivity index (χ0v) is 12.3. The van der Waals surface area contributed by atoms with E-state index in [4.69, 9.17) is 9.47 Å². The van der Waals surface area contributed by atoms with Crippen LogP contribution in [0.15, 0.2) is 42.5 Å². The SMILES string of the molecule is Fc1ccc(C(Oc2cccc(F)c2F)C2CNCCO2)cc1. The third-order valence-corrected chi connectivity index (χ3v) is 3.66. The van der Waals surface area contributed by atoms with Crippen molar-refractivity contribution < 1.29 is 22.6 Å². The Bertz CT molecular complexity index is 657. The minimum Gasteiger partial charge on any atom is -0.480 e. The molecule has 0 aliphatic carbocycles. The van der Waals surface area contributed by atoms with E-state index in [1.54, 1.807) is 12.1 Å². The Balaban J connectivity index is 1.91.